The van der Waals surface area contributed by atoms with E-state index >= 15 is 0 Å². The van der Waals surface area contributed by atoms with E-state index in [2.05, 4.69) is 11.9 Å². The van der Waals surface area contributed by atoms with E-state index in [1.165, 1.54) is 0 Å². The van der Waals surface area contributed by atoms with Crippen LogP contribution in [0.15, 0.2) is 6.20 Å². The van der Waals surface area contributed by atoms with Crippen molar-refractivity contribution in [1.29, 1.82) is 0 Å². The summed E-state index contributed by atoms with van der Waals surface area (Å²) in [4.78, 5) is 15.8. The van der Waals surface area contributed by atoms with Gasteiger partial charge in [-0.3, -0.25) is 4.79 Å². The molecule has 0 saturated heterocycles. The van der Waals surface area contributed by atoms with Gasteiger partial charge in [-0.2, -0.15) is 0 Å². The maximum atomic E-state index is 11.7. The quantitative estimate of drug-likeness (QED) is 0.533. The molecule has 1 rings (SSSR count). The normalized spacial score (nSPS) is 10.5. The van der Waals surface area contributed by atoms with Crippen LogP contribution in [0.5, 0.6) is 0 Å². The summed E-state index contributed by atoms with van der Waals surface area (Å²) >= 11 is 0. The van der Waals surface area contributed by atoms with Crippen LogP contribution in [0, 0.1) is 6.92 Å². The molecular formula is C11H18N2O. The minimum absolute atomic E-state index is 0.210. The summed E-state index contributed by atoms with van der Waals surface area (Å²) in [6.07, 6.45) is 5.58. The van der Waals surface area contributed by atoms with Crippen LogP contribution in [-0.2, 0) is 7.05 Å². The highest BCUT2D eigenvalue weighted by Crippen LogP contribution is 2.08. The molecule has 1 aromatic rings. The van der Waals surface area contributed by atoms with Crippen molar-refractivity contribution in [3.05, 3.63) is 17.7 Å². The zero-order valence-electron chi connectivity index (χ0n) is 9.21. The SMILES string of the molecule is CCCCCC(=O)c1cnc(C)n1C. The van der Waals surface area contributed by atoms with Crippen molar-refractivity contribution < 1.29 is 4.79 Å². The lowest BCUT2D eigenvalue weighted by Crippen LogP contribution is -2.06. The van der Waals surface area contributed by atoms with Crippen LogP contribution in [0.3, 0.4) is 0 Å². The number of carbonyl (C=O) groups is 1. The molecule has 0 saturated carbocycles. The number of hydrogen-bond acceptors (Lipinski definition) is 2. The molecule has 1 aromatic heterocycles. The molecule has 0 unspecified atom stereocenters. The van der Waals surface area contributed by atoms with E-state index in [0.717, 1.165) is 30.8 Å². The summed E-state index contributed by atoms with van der Waals surface area (Å²) in [5, 5.41) is 0. The fraction of sp³-hybridized carbons (Fsp3) is 0.636. The van der Waals surface area contributed by atoms with Gasteiger partial charge in [-0.1, -0.05) is 19.8 Å². The van der Waals surface area contributed by atoms with Crippen molar-refractivity contribution in [1.82, 2.24) is 9.55 Å². The van der Waals surface area contributed by atoms with E-state index in [9.17, 15) is 4.79 Å². The first-order valence-corrected chi connectivity index (χ1v) is 5.18. The van der Waals surface area contributed by atoms with Crippen LogP contribution in [0.2, 0.25) is 0 Å². The number of imidazole rings is 1. The Labute approximate surface area is 85.2 Å². The van der Waals surface area contributed by atoms with Gasteiger partial charge in [0.05, 0.1) is 6.20 Å². The molecule has 0 aliphatic heterocycles. The summed E-state index contributed by atoms with van der Waals surface area (Å²) in [6.45, 7) is 4.04. The molecule has 0 aliphatic carbocycles. The summed E-state index contributed by atoms with van der Waals surface area (Å²) in [5.41, 5.74) is 0.735. The standard InChI is InChI=1S/C11H18N2O/c1-4-5-6-7-11(14)10-8-12-9(2)13(10)3/h8H,4-7H2,1-3H3. The average molecular weight is 194 g/mol. The smallest absolute Gasteiger partial charge is 0.180 e. The lowest BCUT2D eigenvalue weighted by Gasteiger charge is -2.02. The Kier molecular flexibility index (Phi) is 3.86. The second kappa shape index (κ2) is 4.94. The first-order valence-electron chi connectivity index (χ1n) is 5.18. The Morgan fingerprint density at radius 1 is 1.50 bits per heavy atom. The Hall–Kier alpha value is -1.12. The first kappa shape index (κ1) is 11.0. The van der Waals surface area contributed by atoms with Gasteiger partial charge in [0.1, 0.15) is 11.5 Å². The maximum Gasteiger partial charge on any atom is 0.180 e. The van der Waals surface area contributed by atoms with E-state index in [4.69, 9.17) is 0 Å². The zero-order chi connectivity index (χ0) is 10.6. The molecule has 14 heavy (non-hydrogen) atoms. The van der Waals surface area contributed by atoms with Gasteiger partial charge >= 0.3 is 0 Å². The number of carbonyl (C=O) groups excluding carboxylic acids is 1. The highest BCUT2D eigenvalue weighted by Gasteiger charge is 2.10. The topological polar surface area (TPSA) is 34.9 Å². The molecule has 0 amide bonds. The van der Waals surface area contributed by atoms with Crippen molar-refractivity contribution >= 4 is 5.78 Å². The number of aromatic nitrogens is 2. The molecule has 3 nitrogen and oxygen atoms in total. The summed E-state index contributed by atoms with van der Waals surface area (Å²) in [6, 6.07) is 0. The first-order chi connectivity index (χ1) is 6.66. The van der Waals surface area contributed by atoms with Crippen molar-refractivity contribution in [2.75, 3.05) is 0 Å². The Bertz CT molecular complexity index is 315. The second-order valence-electron chi connectivity index (χ2n) is 3.63. The molecule has 0 spiro atoms. The molecule has 3 heteroatoms. The number of ketones is 1. The fourth-order valence-electron chi connectivity index (χ4n) is 1.42. The monoisotopic (exact) mass is 194 g/mol. The minimum atomic E-state index is 0.210. The van der Waals surface area contributed by atoms with Gasteiger partial charge in [0.15, 0.2) is 5.78 Å². The number of unbranched alkanes of at least 4 members (excludes halogenated alkanes) is 2. The van der Waals surface area contributed by atoms with E-state index in [0.29, 0.717) is 6.42 Å². The van der Waals surface area contributed by atoms with Crippen molar-refractivity contribution in [3.63, 3.8) is 0 Å². The number of nitrogens with zero attached hydrogens (tertiary/aromatic N) is 2. The molecule has 0 N–H and O–H groups in total. The molecule has 78 valence electrons. The minimum Gasteiger partial charge on any atom is -0.329 e. The van der Waals surface area contributed by atoms with E-state index in [1.54, 1.807) is 6.20 Å². The maximum absolute atomic E-state index is 11.7. The van der Waals surface area contributed by atoms with E-state index < -0.39 is 0 Å². The third kappa shape index (κ3) is 2.44. The second-order valence-corrected chi connectivity index (χ2v) is 3.63. The van der Waals surface area contributed by atoms with Crippen LogP contribution in [-0.4, -0.2) is 15.3 Å². The summed E-state index contributed by atoms with van der Waals surface area (Å²) in [7, 11) is 1.88. The molecule has 0 fully saturated rings. The Balaban J connectivity index is 2.56. The number of Topliss-reactive ketones (excluding diaryl/α,β-unsaturated/α-hetero) is 1. The number of rotatable bonds is 5. The van der Waals surface area contributed by atoms with Gasteiger partial charge in [-0.25, -0.2) is 4.98 Å². The fourth-order valence-corrected chi connectivity index (χ4v) is 1.42. The molecule has 0 atom stereocenters. The van der Waals surface area contributed by atoms with Crippen molar-refractivity contribution in [2.24, 2.45) is 7.05 Å². The third-order valence-corrected chi connectivity index (χ3v) is 2.51. The average Bonchev–Trinajstić information content (AvgIpc) is 2.48. The molecule has 0 aromatic carbocycles. The van der Waals surface area contributed by atoms with Gasteiger partial charge in [-0.05, 0) is 13.3 Å². The van der Waals surface area contributed by atoms with Gasteiger partial charge in [0.25, 0.3) is 0 Å². The molecule has 0 aliphatic rings. The van der Waals surface area contributed by atoms with Crippen LogP contribution >= 0.6 is 0 Å². The molecule has 1 heterocycles. The van der Waals surface area contributed by atoms with Gasteiger partial charge in [-0.15, -0.1) is 0 Å². The van der Waals surface area contributed by atoms with Crippen LogP contribution in [0.1, 0.15) is 48.9 Å². The van der Waals surface area contributed by atoms with Crippen LogP contribution in [0.4, 0.5) is 0 Å². The van der Waals surface area contributed by atoms with Crippen molar-refractivity contribution in [3.8, 4) is 0 Å². The predicted molar refractivity (Wildman–Crippen MR) is 56.4 cm³/mol. The predicted octanol–water partition coefficient (Wildman–Crippen LogP) is 2.49. The molecule has 0 radical (unpaired) electrons. The van der Waals surface area contributed by atoms with E-state index in [1.807, 2.05) is 18.5 Å². The Morgan fingerprint density at radius 2 is 2.21 bits per heavy atom. The number of aryl methyl sites for hydroxylation is 1. The highest BCUT2D eigenvalue weighted by atomic mass is 16.1. The lowest BCUT2D eigenvalue weighted by molar-refractivity contribution is 0.0971. The van der Waals surface area contributed by atoms with Crippen LogP contribution < -0.4 is 0 Å². The van der Waals surface area contributed by atoms with Gasteiger partial charge < -0.3 is 4.57 Å². The largest absolute Gasteiger partial charge is 0.329 e. The van der Waals surface area contributed by atoms with E-state index in [-0.39, 0.29) is 5.78 Å². The van der Waals surface area contributed by atoms with Gasteiger partial charge in [0.2, 0.25) is 0 Å². The Morgan fingerprint density at radius 3 is 2.71 bits per heavy atom. The van der Waals surface area contributed by atoms with Crippen LogP contribution in [0.25, 0.3) is 0 Å². The number of hydrogen-bond donors (Lipinski definition) is 0. The zero-order valence-corrected chi connectivity index (χ0v) is 9.21. The van der Waals surface area contributed by atoms with Crippen molar-refractivity contribution in [2.45, 2.75) is 39.5 Å². The molecular weight excluding hydrogens is 176 g/mol. The third-order valence-electron chi connectivity index (χ3n) is 2.51. The molecule has 0 bridgehead atoms. The summed E-state index contributed by atoms with van der Waals surface area (Å²) < 4.78 is 1.86. The highest BCUT2D eigenvalue weighted by molar-refractivity contribution is 5.94. The lowest BCUT2D eigenvalue weighted by atomic mass is 10.1. The summed E-state index contributed by atoms with van der Waals surface area (Å²) in [5.74, 6) is 1.10. The van der Waals surface area contributed by atoms with Gasteiger partial charge in [0, 0.05) is 13.5 Å².